The molecule has 1 saturated heterocycles. The lowest BCUT2D eigenvalue weighted by molar-refractivity contribution is -0.147. The molecule has 0 aromatic carbocycles. The summed E-state index contributed by atoms with van der Waals surface area (Å²) in [7, 11) is 2.02. The minimum atomic E-state index is -1.18. The number of piperidine rings is 1. The summed E-state index contributed by atoms with van der Waals surface area (Å²) in [4.78, 5) is 24.9. The standard InChI is InChI=1S/C11H20N2O3/c1-11(2,10(15)16)12-9(14)8-4-6-13(3)7-5-8/h8H,4-7H2,1-3H3,(H,12,14)(H,15,16). The quantitative estimate of drug-likeness (QED) is 0.729. The van der Waals surface area contributed by atoms with E-state index in [-0.39, 0.29) is 11.8 Å². The highest BCUT2D eigenvalue weighted by molar-refractivity contribution is 5.87. The van der Waals surface area contributed by atoms with Gasteiger partial charge >= 0.3 is 5.97 Å². The number of nitrogens with zero attached hydrogens (tertiary/aromatic N) is 1. The van der Waals surface area contributed by atoms with E-state index in [4.69, 9.17) is 5.11 Å². The van der Waals surface area contributed by atoms with Crippen molar-refractivity contribution in [3.8, 4) is 0 Å². The van der Waals surface area contributed by atoms with E-state index >= 15 is 0 Å². The zero-order chi connectivity index (χ0) is 12.3. The van der Waals surface area contributed by atoms with Gasteiger partial charge < -0.3 is 15.3 Å². The second-order valence-corrected chi connectivity index (χ2v) is 5.00. The first-order valence-electron chi connectivity index (χ1n) is 5.57. The summed E-state index contributed by atoms with van der Waals surface area (Å²) >= 11 is 0. The van der Waals surface area contributed by atoms with Crippen LogP contribution in [-0.2, 0) is 9.59 Å². The van der Waals surface area contributed by atoms with Gasteiger partial charge in [0.1, 0.15) is 5.54 Å². The average molecular weight is 228 g/mol. The van der Waals surface area contributed by atoms with Crippen LogP contribution in [0.5, 0.6) is 0 Å². The molecule has 1 amide bonds. The topological polar surface area (TPSA) is 69.6 Å². The average Bonchev–Trinajstić information content (AvgIpc) is 2.17. The third kappa shape index (κ3) is 3.20. The molecule has 1 aliphatic rings. The van der Waals surface area contributed by atoms with Crippen molar-refractivity contribution in [2.45, 2.75) is 32.2 Å². The van der Waals surface area contributed by atoms with Crippen LogP contribution < -0.4 is 5.32 Å². The third-order valence-electron chi connectivity index (χ3n) is 3.06. The predicted octanol–water partition coefficient (Wildman–Crippen LogP) is 0.308. The van der Waals surface area contributed by atoms with Crippen LogP contribution in [0, 0.1) is 5.92 Å². The third-order valence-corrected chi connectivity index (χ3v) is 3.06. The number of rotatable bonds is 3. The Balaban J connectivity index is 2.50. The molecule has 5 nitrogen and oxygen atoms in total. The first-order valence-corrected chi connectivity index (χ1v) is 5.57. The number of aliphatic carboxylic acids is 1. The molecule has 5 heteroatoms. The van der Waals surface area contributed by atoms with Gasteiger partial charge in [-0.3, -0.25) is 4.79 Å². The van der Waals surface area contributed by atoms with Gasteiger partial charge in [0.2, 0.25) is 5.91 Å². The fourth-order valence-electron chi connectivity index (χ4n) is 1.73. The van der Waals surface area contributed by atoms with Crippen LogP contribution in [0.2, 0.25) is 0 Å². The lowest BCUT2D eigenvalue weighted by Crippen LogP contribution is -2.52. The van der Waals surface area contributed by atoms with Crippen LogP contribution in [0.3, 0.4) is 0 Å². The van der Waals surface area contributed by atoms with Gasteiger partial charge in [0.25, 0.3) is 0 Å². The van der Waals surface area contributed by atoms with Gasteiger partial charge in [0.05, 0.1) is 0 Å². The van der Waals surface area contributed by atoms with Crippen LogP contribution in [-0.4, -0.2) is 47.6 Å². The Kier molecular flexibility index (Phi) is 3.91. The minimum absolute atomic E-state index is 0.0465. The Morgan fingerprint density at radius 1 is 1.31 bits per heavy atom. The van der Waals surface area contributed by atoms with Crippen molar-refractivity contribution in [3.05, 3.63) is 0 Å². The Labute approximate surface area is 95.8 Å². The van der Waals surface area contributed by atoms with Crippen molar-refractivity contribution in [3.63, 3.8) is 0 Å². The lowest BCUT2D eigenvalue weighted by Gasteiger charge is -2.30. The summed E-state index contributed by atoms with van der Waals surface area (Å²) in [5, 5.41) is 11.5. The van der Waals surface area contributed by atoms with Gasteiger partial charge in [0.15, 0.2) is 0 Å². The van der Waals surface area contributed by atoms with Gasteiger partial charge in [-0.25, -0.2) is 4.79 Å². The molecule has 92 valence electrons. The molecule has 0 aromatic rings. The number of nitrogens with one attached hydrogen (secondary N) is 1. The van der Waals surface area contributed by atoms with Crippen molar-refractivity contribution in [2.75, 3.05) is 20.1 Å². The second-order valence-electron chi connectivity index (χ2n) is 5.00. The van der Waals surface area contributed by atoms with Crippen molar-refractivity contribution < 1.29 is 14.7 Å². The van der Waals surface area contributed by atoms with E-state index < -0.39 is 11.5 Å². The molecule has 1 fully saturated rings. The smallest absolute Gasteiger partial charge is 0.328 e. The molecule has 0 aromatic heterocycles. The fourth-order valence-corrected chi connectivity index (χ4v) is 1.73. The maximum atomic E-state index is 11.8. The normalized spacial score (nSPS) is 19.4. The molecule has 0 unspecified atom stereocenters. The molecule has 2 N–H and O–H groups in total. The lowest BCUT2D eigenvalue weighted by atomic mass is 9.94. The van der Waals surface area contributed by atoms with Crippen LogP contribution in [0.4, 0.5) is 0 Å². The minimum Gasteiger partial charge on any atom is -0.480 e. The summed E-state index contributed by atoms with van der Waals surface area (Å²) in [6, 6.07) is 0. The van der Waals surface area contributed by atoms with Crippen molar-refractivity contribution in [1.29, 1.82) is 0 Å². The Bertz CT molecular complexity index is 281. The second kappa shape index (κ2) is 4.82. The summed E-state index contributed by atoms with van der Waals surface area (Å²) < 4.78 is 0. The molecule has 0 atom stereocenters. The molecule has 0 spiro atoms. The first kappa shape index (κ1) is 13.0. The molecule has 1 aliphatic heterocycles. The van der Waals surface area contributed by atoms with E-state index in [0.717, 1.165) is 25.9 Å². The first-order chi connectivity index (χ1) is 7.33. The Hall–Kier alpha value is -1.10. The number of amides is 1. The van der Waals surface area contributed by atoms with Crippen molar-refractivity contribution in [2.24, 2.45) is 5.92 Å². The molecular formula is C11H20N2O3. The number of carbonyl (C=O) groups excluding carboxylic acids is 1. The number of carboxylic acids is 1. The number of likely N-dealkylation sites (tertiary alicyclic amines) is 1. The molecule has 0 bridgehead atoms. The molecule has 1 heterocycles. The Morgan fingerprint density at radius 2 is 1.81 bits per heavy atom. The summed E-state index contributed by atoms with van der Waals surface area (Å²) in [5.41, 5.74) is -1.18. The highest BCUT2D eigenvalue weighted by atomic mass is 16.4. The highest BCUT2D eigenvalue weighted by Crippen LogP contribution is 2.17. The van der Waals surface area contributed by atoms with Crippen LogP contribution in [0.15, 0.2) is 0 Å². The molecular weight excluding hydrogens is 208 g/mol. The van der Waals surface area contributed by atoms with Gasteiger partial charge in [0, 0.05) is 5.92 Å². The molecule has 0 aliphatic carbocycles. The monoisotopic (exact) mass is 228 g/mol. The largest absolute Gasteiger partial charge is 0.480 e. The fraction of sp³-hybridized carbons (Fsp3) is 0.818. The van der Waals surface area contributed by atoms with E-state index in [1.54, 1.807) is 0 Å². The zero-order valence-corrected chi connectivity index (χ0v) is 10.1. The summed E-state index contributed by atoms with van der Waals surface area (Å²) in [5.74, 6) is -1.19. The summed E-state index contributed by atoms with van der Waals surface area (Å²) in [6.45, 7) is 4.79. The maximum Gasteiger partial charge on any atom is 0.328 e. The van der Waals surface area contributed by atoms with E-state index in [1.807, 2.05) is 7.05 Å². The van der Waals surface area contributed by atoms with E-state index in [1.165, 1.54) is 13.8 Å². The molecule has 1 rings (SSSR count). The van der Waals surface area contributed by atoms with E-state index in [0.29, 0.717) is 0 Å². The number of carbonyl (C=O) groups is 2. The maximum absolute atomic E-state index is 11.8. The van der Waals surface area contributed by atoms with Crippen LogP contribution in [0.1, 0.15) is 26.7 Å². The molecule has 16 heavy (non-hydrogen) atoms. The van der Waals surface area contributed by atoms with Crippen LogP contribution >= 0.6 is 0 Å². The number of hydrogen-bond donors (Lipinski definition) is 2. The van der Waals surface area contributed by atoms with Crippen molar-refractivity contribution in [1.82, 2.24) is 10.2 Å². The van der Waals surface area contributed by atoms with Gasteiger partial charge in [-0.2, -0.15) is 0 Å². The van der Waals surface area contributed by atoms with E-state index in [9.17, 15) is 9.59 Å². The van der Waals surface area contributed by atoms with Gasteiger partial charge in [-0.15, -0.1) is 0 Å². The SMILES string of the molecule is CN1CCC(C(=O)NC(C)(C)C(=O)O)CC1. The van der Waals surface area contributed by atoms with Gasteiger partial charge in [-0.05, 0) is 46.8 Å². The van der Waals surface area contributed by atoms with E-state index in [2.05, 4.69) is 10.2 Å². The predicted molar refractivity (Wildman–Crippen MR) is 60.1 cm³/mol. The molecule has 0 radical (unpaired) electrons. The van der Waals surface area contributed by atoms with Crippen LogP contribution in [0.25, 0.3) is 0 Å². The zero-order valence-electron chi connectivity index (χ0n) is 10.1. The molecule has 0 saturated carbocycles. The Morgan fingerprint density at radius 3 is 2.25 bits per heavy atom. The van der Waals surface area contributed by atoms with Gasteiger partial charge in [-0.1, -0.05) is 0 Å². The van der Waals surface area contributed by atoms with Crippen molar-refractivity contribution >= 4 is 11.9 Å². The number of carboxylic acid groups (broad SMARTS) is 1. The highest BCUT2D eigenvalue weighted by Gasteiger charge is 2.32. The summed E-state index contributed by atoms with van der Waals surface area (Å²) in [6.07, 6.45) is 1.61. The number of hydrogen-bond acceptors (Lipinski definition) is 3.